The van der Waals surface area contributed by atoms with Gasteiger partial charge in [0.05, 0.1) is 0 Å². The number of alkyl carbamates (subject to hydrolysis) is 2. The van der Waals surface area contributed by atoms with E-state index in [2.05, 4.69) is 40.4 Å². The molecule has 2 N–H and O–H groups in total. The van der Waals surface area contributed by atoms with Crippen LogP contribution < -0.4 is 10.6 Å². The second kappa shape index (κ2) is 9.03. The van der Waals surface area contributed by atoms with Crippen LogP contribution in [0, 0.1) is 16.7 Å². The van der Waals surface area contributed by atoms with Crippen molar-refractivity contribution in [3.63, 3.8) is 0 Å². The molecule has 8 nitrogen and oxygen atoms in total. The van der Waals surface area contributed by atoms with Gasteiger partial charge in [-0.1, -0.05) is 29.8 Å². The average Bonchev–Trinajstić information content (AvgIpc) is 2.58. The third kappa shape index (κ3) is 6.29. The topological polar surface area (TPSA) is 103 Å². The predicted octanol–water partition coefficient (Wildman–Crippen LogP) is 4.29. The SMILES string of the molecule is CC12CC3CC(C)(C1)CC(NC(=O)OC[C@H](NC(=O)OC(C)(C)C)C(=O)OCCBr)(C3)C2. The number of rotatable bonds is 7. The molecule has 0 saturated heterocycles. The summed E-state index contributed by atoms with van der Waals surface area (Å²) in [4.78, 5) is 37.3. The molecule has 4 aliphatic carbocycles. The fraction of sp³-hybridized carbons (Fsp3) is 0.870. The maximum Gasteiger partial charge on any atom is 0.408 e. The molecule has 32 heavy (non-hydrogen) atoms. The minimum atomic E-state index is -1.15. The lowest BCUT2D eigenvalue weighted by molar-refractivity contribution is -0.146. The van der Waals surface area contributed by atoms with Crippen molar-refractivity contribution in [3.05, 3.63) is 0 Å². The van der Waals surface area contributed by atoms with Gasteiger partial charge in [-0.25, -0.2) is 14.4 Å². The Bertz CT molecular complexity index is 733. The van der Waals surface area contributed by atoms with Crippen LogP contribution in [-0.2, 0) is 19.0 Å². The van der Waals surface area contributed by atoms with Gasteiger partial charge in [0.15, 0.2) is 6.04 Å². The first-order chi connectivity index (χ1) is 14.7. The van der Waals surface area contributed by atoms with Crippen molar-refractivity contribution < 1.29 is 28.6 Å². The van der Waals surface area contributed by atoms with Crippen LogP contribution in [0.25, 0.3) is 0 Å². The zero-order valence-corrected chi connectivity index (χ0v) is 21.4. The molecule has 9 heteroatoms. The Kier molecular flexibility index (Phi) is 7.09. The second-order valence-electron chi connectivity index (χ2n) is 11.7. The molecule has 4 fully saturated rings. The van der Waals surface area contributed by atoms with E-state index in [4.69, 9.17) is 14.2 Å². The van der Waals surface area contributed by atoms with Crippen LogP contribution in [0.4, 0.5) is 9.59 Å². The zero-order valence-electron chi connectivity index (χ0n) is 19.8. The lowest BCUT2D eigenvalue weighted by Crippen LogP contribution is -2.65. The number of nitrogens with one attached hydrogen (secondary N) is 2. The van der Waals surface area contributed by atoms with E-state index in [1.807, 2.05) is 0 Å². The summed E-state index contributed by atoms with van der Waals surface area (Å²) in [6.07, 6.45) is 5.19. The quantitative estimate of drug-likeness (QED) is 0.297. The van der Waals surface area contributed by atoms with Crippen molar-refractivity contribution in [2.45, 2.75) is 90.3 Å². The number of amides is 2. The molecule has 4 rings (SSSR count). The first-order valence-electron chi connectivity index (χ1n) is 11.4. The Labute approximate surface area is 199 Å². The summed E-state index contributed by atoms with van der Waals surface area (Å²) < 4.78 is 15.7. The first kappa shape index (κ1) is 25.1. The Morgan fingerprint density at radius 3 is 2.16 bits per heavy atom. The fourth-order valence-electron chi connectivity index (χ4n) is 6.86. The number of hydrogen-bond donors (Lipinski definition) is 2. The Balaban J connectivity index is 1.59. The summed E-state index contributed by atoms with van der Waals surface area (Å²) >= 11 is 3.19. The molecule has 4 aliphatic rings. The monoisotopic (exact) mass is 516 g/mol. The second-order valence-corrected chi connectivity index (χ2v) is 12.5. The molecule has 182 valence electrons. The van der Waals surface area contributed by atoms with Gasteiger partial charge in [-0.05, 0) is 76.0 Å². The number of alkyl halides is 1. The third-order valence-electron chi connectivity index (χ3n) is 6.67. The highest BCUT2D eigenvalue weighted by Gasteiger charge is 2.60. The zero-order chi connectivity index (χ0) is 23.8. The minimum Gasteiger partial charge on any atom is -0.463 e. The average molecular weight is 517 g/mol. The van der Waals surface area contributed by atoms with E-state index in [1.54, 1.807) is 20.8 Å². The minimum absolute atomic E-state index is 0.138. The molecular formula is C23H37BrN2O6. The summed E-state index contributed by atoms with van der Waals surface area (Å²) in [6, 6.07) is -1.15. The Hall–Kier alpha value is -1.51. The highest BCUT2D eigenvalue weighted by molar-refractivity contribution is 9.09. The lowest BCUT2D eigenvalue weighted by Gasteiger charge is -2.65. The van der Waals surface area contributed by atoms with Gasteiger partial charge in [0.1, 0.15) is 18.8 Å². The van der Waals surface area contributed by atoms with Gasteiger partial charge < -0.3 is 24.8 Å². The van der Waals surface area contributed by atoms with Crippen molar-refractivity contribution in [2.75, 3.05) is 18.5 Å². The Morgan fingerprint density at radius 2 is 1.62 bits per heavy atom. The van der Waals surface area contributed by atoms with Crippen LogP contribution in [0.15, 0.2) is 0 Å². The molecule has 0 aromatic rings. The van der Waals surface area contributed by atoms with Crippen molar-refractivity contribution in [2.24, 2.45) is 16.7 Å². The summed E-state index contributed by atoms with van der Waals surface area (Å²) in [7, 11) is 0. The molecule has 0 aromatic carbocycles. The maximum atomic E-state index is 12.8. The predicted molar refractivity (Wildman–Crippen MR) is 123 cm³/mol. The molecule has 0 spiro atoms. The van der Waals surface area contributed by atoms with Crippen molar-refractivity contribution >= 4 is 34.1 Å². The number of hydrogen-bond acceptors (Lipinski definition) is 6. The van der Waals surface area contributed by atoms with E-state index in [0.29, 0.717) is 11.2 Å². The molecule has 2 unspecified atom stereocenters. The molecule has 3 atom stereocenters. The fourth-order valence-corrected chi connectivity index (χ4v) is 7.02. The van der Waals surface area contributed by atoms with Crippen molar-refractivity contribution in [1.82, 2.24) is 10.6 Å². The molecule has 0 heterocycles. The molecular weight excluding hydrogens is 480 g/mol. The van der Waals surface area contributed by atoms with Crippen LogP contribution in [0.3, 0.4) is 0 Å². The van der Waals surface area contributed by atoms with Crippen LogP contribution in [0.2, 0.25) is 0 Å². The van der Waals surface area contributed by atoms with Gasteiger partial charge in [0, 0.05) is 10.9 Å². The third-order valence-corrected chi connectivity index (χ3v) is 7.00. The van der Waals surface area contributed by atoms with Gasteiger partial charge in [0.25, 0.3) is 0 Å². The van der Waals surface area contributed by atoms with Crippen LogP contribution in [0.1, 0.15) is 73.1 Å². The molecule has 0 radical (unpaired) electrons. The highest BCUT2D eigenvalue weighted by Crippen LogP contribution is 2.66. The summed E-state index contributed by atoms with van der Waals surface area (Å²) in [5, 5.41) is 6.05. The molecule has 4 saturated carbocycles. The summed E-state index contributed by atoms with van der Waals surface area (Å²) in [6.45, 7) is 9.64. The molecule has 0 aliphatic heterocycles. The molecule has 2 amide bonds. The standard InChI is InChI=1S/C23H37BrN2O6/c1-20(2,3)32-18(28)25-16(17(27)30-7-6-24)11-31-19(29)26-23-10-15-8-21(4,13-23)12-22(5,9-15)14-23/h15-16H,6-14H2,1-5H3,(H,25,28)(H,26,29)/t15?,16-,21?,22?,23?/m0/s1. The number of carbonyl (C=O) groups is 3. The van der Waals surface area contributed by atoms with E-state index >= 15 is 0 Å². The van der Waals surface area contributed by atoms with Gasteiger partial charge in [-0.3, -0.25) is 0 Å². The van der Waals surface area contributed by atoms with Crippen LogP contribution in [-0.4, -0.2) is 53.9 Å². The number of carbonyl (C=O) groups excluding carboxylic acids is 3. The maximum absolute atomic E-state index is 12.8. The van der Waals surface area contributed by atoms with Gasteiger partial charge in [0.2, 0.25) is 0 Å². The van der Waals surface area contributed by atoms with E-state index in [-0.39, 0.29) is 29.6 Å². The van der Waals surface area contributed by atoms with E-state index in [9.17, 15) is 14.4 Å². The van der Waals surface area contributed by atoms with E-state index in [1.165, 1.54) is 19.3 Å². The lowest BCUT2D eigenvalue weighted by atomic mass is 9.43. The van der Waals surface area contributed by atoms with Gasteiger partial charge in [-0.2, -0.15) is 0 Å². The van der Waals surface area contributed by atoms with Crippen LogP contribution >= 0.6 is 15.9 Å². The first-order valence-corrected chi connectivity index (χ1v) is 12.5. The van der Waals surface area contributed by atoms with Crippen molar-refractivity contribution in [3.8, 4) is 0 Å². The largest absolute Gasteiger partial charge is 0.463 e. The molecule has 4 bridgehead atoms. The van der Waals surface area contributed by atoms with Gasteiger partial charge in [-0.15, -0.1) is 0 Å². The van der Waals surface area contributed by atoms with E-state index < -0.39 is 29.8 Å². The normalized spacial score (nSPS) is 33.9. The smallest absolute Gasteiger partial charge is 0.408 e. The highest BCUT2D eigenvalue weighted by atomic mass is 79.9. The van der Waals surface area contributed by atoms with E-state index in [0.717, 1.165) is 19.3 Å². The Morgan fingerprint density at radius 1 is 1.00 bits per heavy atom. The van der Waals surface area contributed by atoms with Crippen molar-refractivity contribution in [1.29, 1.82) is 0 Å². The summed E-state index contributed by atoms with van der Waals surface area (Å²) in [5.74, 6) is -0.0553. The number of halogens is 1. The molecule has 0 aromatic heterocycles. The van der Waals surface area contributed by atoms with Gasteiger partial charge >= 0.3 is 18.2 Å². The summed E-state index contributed by atoms with van der Waals surface area (Å²) in [5.41, 5.74) is -0.481. The van der Waals surface area contributed by atoms with Crippen LogP contribution in [0.5, 0.6) is 0 Å². The number of ether oxygens (including phenoxy) is 3. The number of esters is 1.